The smallest absolute Gasteiger partial charge is 0.335 e. The molecular formula is C36H49N5O8. The van der Waals surface area contributed by atoms with E-state index in [9.17, 15) is 24.6 Å². The quantitative estimate of drug-likeness (QED) is 0.225. The lowest BCUT2D eigenvalue weighted by Gasteiger charge is -2.36. The van der Waals surface area contributed by atoms with Crippen molar-refractivity contribution in [2.45, 2.75) is 78.7 Å². The molecule has 3 aromatic rings. The molecule has 3 amide bonds. The molecule has 13 heteroatoms. The minimum Gasteiger partial charge on any atom is -0.490 e. The standard InChI is InChI=1S/C36H49N5O8/c1-22-18-41(23(2)21-42)34(43)30-17-29(37-36(46)38-33-25(4)39-49-26(33)5)14-15-31(30)48-24(3)9-7-8-16-47-32(22)20-40(6)19-27-10-12-28(13-11-27)35(44)45/h10-15,17,22-24,32,42H,7-9,16,18-21H2,1-6H3,(H,44,45)(H2,37,38,46)/t22-,23+,24-,32-/m0/s1. The molecule has 0 spiro atoms. The van der Waals surface area contributed by atoms with E-state index in [2.05, 4.69) is 20.7 Å². The Bertz CT molecular complexity index is 1560. The number of rotatable bonds is 9. The number of hydrogen-bond donors (Lipinski definition) is 4. The van der Waals surface area contributed by atoms with Gasteiger partial charge in [-0.15, -0.1) is 0 Å². The number of hydrogen-bond acceptors (Lipinski definition) is 9. The van der Waals surface area contributed by atoms with Crippen LogP contribution >= 0.6 is 0 Å². The van der Waals surface area contributed by atoms with Gasteiger partial charge in [0.25, 0.3) is 5.91 Å². The van der Waals surface area contributed by atoms with Crippen LogP contribution in [0.25, 0.3) is 0 Å². The molecule has 2 aromatic carbocycles. The number of ether oxygens (including phenoxy) is 2. The predicted molar refractivity (Wildman–Crippen MR) is 185 cm³/mol. The summed E-state index contributed by atoms with van der Waals surface area (Å²) in [7, 11) is 1.98. The molecule has 1 aromatic heterocycles. The second-order valence-corrected chi connectivity index (χ2v) is 13.0. The van der Waals surface area contributed by atoms with E-state index < -0.39 is 18.0 Å². The first kappa shape index (κ1) is 37.4. The molecule has 0 saturated carbocycles. The second-order valence-electron chi connectivity index (χ2n) is 13.0. The Morgan fingerprint density at radius 2 is 1.84 bits per heavy atom. The van der Waals surface area contributed by atoms with Crippen LogP contribution in [0.2, 0.25) is 0 Å². The molecule has 2 heterocycles. The lowest BCUT2D eigenvalue weighted by molar-refractivity contribution is -0.0177. The Kier molecular flexibility index (Phi) is 13.2. The van der Waals surface area contributed by atoms with Crippen LogP contribution in [0.5, 0.6) is 5.75 Å². The highest BCUT2D eigenvalue weighted by Crippen LogP contribution is 2.29. The van der Waals surface area contributed by atoms with Crippen LogP contribution in [0.1, 0.15) is 77.8 Å². The third-order valence-corrected chi connectivity index (χ3v) is 8.73. The maximum Gasteiger partial charge on any atom is 0.335 e. The molecule has 1 aliphatic rings. The number of aryl methyl sites for hydroxylation is 2. The monoisotopic (exact) mass is 679 g/mol. The van der Waals surface area contributed by atoms with Crippen LogP contribution in [-0.4, -0.2) is 94.7 Å². The van der Waals surface area contributed by atoms with Gasteiger partial charge in [0.05, 0.1) is 36.0 Å². The molecule has 1 aliphatic heterocycles. The lowest BCUT2D eigenvalue weighted by Crippen LogP contribution is -2.47. The largest absolute Gasteiger partial charge is 0.490 e. The van der Waals surface area contributed by atoms with Crippen LogP contribution < -0.4 is 15.4 Å². The number of carboxylic acids is 1. The number of aromatic carboxylic acids is 1. The van der Waals surface area contributed by atoms with Crippen LogP contribution in [0.15, 0.2) is 47.0 Å². The van der Waals surface area contributed by atoms with Crippen molar-refractivity contribution < 1.29 is 38.6 Å². The third-order valence-electron chi connectivity index (χ3n) is 8.73. The Morgan fingerprint density at radius 3 is 2.49 bits per heavy atom. The van der Waals surface area contributed by atoms with Crippen LogP contribution in [0, 0.1) is 19.8 Å². The molecule has 0 fully saturated rings. The summed E-state index contributed by atoms with van der Waals surface area (Å²) in [5.74, 6) is -0.556. The molecule has 4 N–H and O–H groups in total. The summed E-state index contributed by atoms with van der Waals surface area (Å²) in [5, 5.41) is 28.9. The van der Waals surface area contributed by atoms with Crippen molar-refractivity contribution in [2.24, 2.45) is 5.92 Å². The number of nitrogens with one attached hydrogen (secondary N) is 2. The molecule has 4 atom stereocenters. The van der Waals surface area contributed by atoms with Gasteiger partial charge in [0.1, 0.15) is 17.1 Å². The van der Waals surface area contributed by atoms with Gasteiger partial charge in [-0.1, -0.05) is 24.2 Å². The molecule has 0 radical (unpaired) electrons. The van der Waals surface area contributed by atoms with Gasteiger partial charge in [0, 0.05) is 37.8 Å². The van der Waals surface area contributed by atoms with E-state index >= 15 is 0 Å². The Balaban J connectivity index is 1.58. The first-order chi connectivity index (χ1) is 23.4. The van der Waals surface area contributed by atoms with Gasteiger partial charge in [-0.2, -0.15) is 0 Å². The van der Waals surface area contributed by atoms with Crippen molar-refractivity contribution in [1.82, 2.24) is 15.0 Å². The van der Waals surface area contributed by atoms with Crippen LogP contribution in [-0.2, 0) is 11.3 Å². The van der Waals surface area contributed by atoms with E-state index in [0.717, 1.165) is 24.8 Å². The zero-order valence-electron chi connectivity index (χ0n) is 29.2. The summed E-state index contributed by atoms with van der Waals surface area (Å²) in [4.78, 5) is 42.3. The highest BCUT2D eigenvalue weighted by atomic mass is 16.5. The zero-order chi connectivity index (χ0) is 35.7. The van der Waals surface area contributed by atoms with Crippen molar-refractivity contribution >= 4 is 29.3 Å². The molecule has 49 heavy (non-hydrogen) atoms. The molecule has 0 unspecified atom stereocenters. The van der Waals surface area contributed by atoms with Crippen molar-refractivity contribution in [1.29, 1.82) is 0 Å². The fourth-order valence-corrected chi connectivity index (χ4v) is 5.84. The average molecular weight is 680 g/mol. The van der Waals surface area contributed by atoms with E-state index in [1.165, 1.54) is 0 Å². The van der Waals surface area contributed by atoms with Gasteiger partial charge in [0.2, 0.25) is 0 Å². The van der Waals surface area contributed by atoms with E-state index in [1.807, 2.05) is 33.0 Å². The number of benzene rings is 2. The Hall–Kier alpha value is -4.46. The SMILES string of the molecule is Cc1noc(C)c1NC(=O)Nc1ccc2c(c1)C(=O)N([C@H](C)CO)C[C@H](C)[C@H](CN(C)Cc1ccc(C(=O)O)cc1)OCCCC[C@H](C)O2. The molecule has 0 bridgehead atoms. The number of carboxylic acid groups (broad SMARTS) is 1. The molecular weight excluding hydrogens is 630 g/mol. The minimum atomic E-state index is -0.965. The highest BCUT2D eigenvalue weighted by molar-refractivity contribution is 6.03. The number of aliphatic hydroxyl groups excluding tert-OH is 1. The molecule has 4 rings (SSSR count). The number of urea groups is 1. The fraction of sp³-hybridized carbons (Fsp3) is 0.500. The van der Waals surface area contributed by atoms with Gasteiger partial charge in [0.15, 0.2) is 5.76 Å². The lowest BCUT2D eigenvalue weighted by atomic mass is 10.0. The van der Waals surface area contributed by atoms with E-state index in [-0.39, 0.29) is 41.8 Å². The molecule has 0 saturated heterocycles. The van der Waals surface area contributed by atoms with Crippen LogP contribution in [0.3, 0.4) is 0 Å². The summed E-state index contributed by atoms with van der Waals surface area (Å²) in [5.41, 5.74) is 2.88. The number of aliphatic hydroxyl groups is 1. The summed E-state index contributed by atoms with van der Waals surface area (Å²) in [6.45, 7) is 11.0. The number of likely N-dealkylation sites (N-methyl/N-ethyl adjacent to an activating group) is 1. The first-order valence-electron chi connectivity index (χ1n) is 16.7. The highest BCUT2D eigenvalue weighted by Gasteiger charge is 2.30. The summed E-state index contributed by atoms with van der Waals surface area (Å²) < 4.78 is 17.9. The van der Waals surface area contributed by atoms with Crippen molar-refractivity contribution in [3.05, 3.63) is 70.6 Å². The maximum absolute atomic E-state index is 14.4. The zero-order valence-corrected chi connectivity index (χ0v) is 29.2. The van der Waals surface area contributed by atoms with Gasteiger partial charge in [-0.3, -0.25) is 9.69 Å². The summed E-state index contributed by atoms with van der Waals surface area (Å²) in [6, 6.07) is 10.8. The predicted octanol–water partition coefficient (Wildman–Crippen LogP) is 5.56. The number of aromatic nitrogens is 1. The van der Waals surface area contributed by atoms with Gasteiger partial charge in [-0.05, 0) is 89.9 Å². The van der Waals surface area contributed by atoms with Crippen molar-refractivity contribution in [3.63, 3.8) is 0 Å². The molecule has 266 valence electrons. The maximum atomic E-state index is 14.4. The number of amides is 3. The molecule has 13 nitrogen and oxygen atoms in total. The number of carbonyl (C=O) groups excluding carboxylic acids is 2. The number of fused-ring (bicyclic) bond motifs is 1. The topological polar surface area (TPSA) is 167 Å². The third kappa shape index (κ3) is 10.3. The molecule has 0 aliphatic carbocycles. The Labute approximate surface area is 287 Å². The van der Waals surface area contributed by atoms with E-state index in [1.54, 1.807) is 56.0 Å². The van der Waals surface area contributed by atoms with Gasteiger partial charge < -0.3 is 39.7 Å². The van der Waals surface area contributed by atoms with Gasteiger partial charge >= 0.3 is 12.0 Å². The average Bonchev–Trinajstić information content (AvgIpc) is 3.38. The fourth-order valence-electron chi connectivity index (χ4n) is 5.84. The van der Waals surface area contributed by atoms with Crippen molar-refractivity contribution in [3.8, 4) is 5.75 Å². The number of anilines is 2. The van der Waals surface area contributed by atoms with Crippen molar-refractivity contribution in [2.75, 3.05) is 44.0 Å². The second kappa shape index (κ2) is 17.3. The van der Waals surface area contributed by atoms with Crippen LogP contribution in [0.4, 0.5) is 16.2 Å². The normalized spacial score (nSPS) is 19.8. The Morgan fingerprint density at radius 1 is 1.10 bits per heavy atom. The number of carbonyl (C=O) groups is 3. The van der Waals surface area contributed by atoms with E-state index in [0.29, 0.717) is 54.8 Å². The van der Waals surface area contributed by atoms with E-state index in [4.69, 9.17) is 14.0 Å². The summed E-state index contributed by atoms with van der Waals surface area (Å²) in [6.07, 6.45) is 2.03. The number of nitrogens with zero attached hydrogens (tertiary/aromatic N) is 3. The minimum absolute atomic E-state index is 0.122. The summed E-state index contributed by atoms with van der Waals surface area (Å²) >= 11 is 0. The first-order valence-corrected chi connectivity index (χ1v) is 16.7. The van der Waals surface area contributed by atoms with Gasteiger partial charge in [-0.25, -0.2) is 9.59 Å².